The van der Waals surface area contributed by atoms with Crippen LogP contribution in [0.4, 0.5) is 0 Å². The van der Waals surface area contributed by atoms with E-state index in [1.807, 2.05) is 0 Å². The molecule has 0 saturated carbocycles. The van der Waals surface area contributed by atoms with Gasteiger partial charge in [0, 0.05) is 17.4 Å². The summed E-state index contributed by atoms with van der Waals surface area (Å²) in [7, 11) is -2.68. The monoisotopic (exact) mass is 1010 g/mol. The molecule has 2 atom stereocenters. The lowest BCUT2D eigenvalue weighted by Crippen LogP contribution is -2.22. The molecule has 7 nitrogen and oxygen atoms in total. The van der Waals surface area contributed by atoms with Crippen molar-refractivity contribution in [3.63, 3.8) is 0 Å². The molecule has 4 aromatic rings. The third-order valence-electron chi connectivity index (χ3n) is 14.0. The van der Waals surface area contributed by atoms with Gasteiger partial charge in [-0.2, -0.15) is 0 Å². The van der Waals surface area contributed by atoms with Gasteiger partial charge >= 0.3 is 8.25 Å². The number of hydrogen-bond donors (Lipinski definition) is 4. The van der Waals surface area contributed by atoms with Gasteiger partial charge in [0.05, 0.1) is 0 Å². The van der Waals surface area contributed by atoms with Gasteiger partial charge in [-0.05, 0) is 136 Å². The zero-order valence-corrected chi connectivity index (χ0v) is 50.4. The van der Waals surface area contributed by atoms with Crippen LogP contribution in [-0.4, -0.2) is 32.6 Å². The van der Waals surface area contributed by atoms with Gasteiger partial charge < -0.3 is 20.4 Å². The van der Waals surface area contributed by atoms with Gasteiger partial charge in [0.2, 0.25) is 0 Å². The standard InChI is InChI=1S/C64H97O7P/c1-57(2,3)45-31-39(32-46(53(45)65)58(4,5)6)25-27-43(29-41-35-49(61(13,14)15)55(67)50(36-41)62(16,17)18)70-72(69)71-44(30-42-37-51(63(19,20)21)56(68)52(38-42)64(22,23)24)28-26-40-33-47(59(7,8)9)54(66)48(34-40)60(10,11)12/h31-38,43-44H,25-30H2,1-24H3,(H3-,65,66,67,68)/p+1. The zero-order chi connectivity index (χ0) is 55.3. The maximum absolute atomic E-state index is 14.9. The molecule has 4 aromatic carbocycles. The third kappa shape index (κ3) is 15.6. The van der Waals surface area contributed by atoms with Crippen LogP contribution in [0.15, 0.2) is 48.5 Å². The van der Waals surface area contributed by atoms with Crippen LogP contribution in [0.3, 0.4) is 0 Å². The minimum absolute atomic E-state index is 0.303. The molecule has 0 aromatic heterocycles. The van der Waals surface area contributed by atoms with Crippen molar-refractivity contribution in [2.75, 3.05) is 0 Å². The smallest absolute Gasteiger partial charge is 0.507 e. The van der Waals surface area contributed by atoms with E-state index in [2.05, 4.69) is 215 Å². The summed E-state index contributed by atoms with van der Waals surface area (Å²) in [4.78, 5) is 0. The Bertz CT molecular complexity index is 2240. The summed E-state index contributed by atoms with van der Waals surface area (Å²) < 4.78 is 28.3. The minimum Gasteiger partial charge on any atom is -0.507 e. The number of hydrogen-bond acceptors (Lipinski definition) is 7. The summed E-state index contributed by atoms with van der Waals surface area (Å²) in [5, 5.41) is 46.6. The molecule has 4 rings (SSSR count). The highest BCUT2D eigenvalue weighted by Crippen LogP contribution is 2.46. The van der Waals surface area contributed by atoms with E-state index in [1.54, 1.807) is 0 Å². The van der Waals surface area contributed by atoms with Crippen LogP contribution < -0.4 is 0 Å². The Morgan fingerprint density at radius 2 is 0.500 bits per heavy atom. The molecule has 2 unspecified atom stereocenters. The van der Waals surface area contributed by atoms with E-state index in [0.29, 0.717) is 61.5 Å². The average molecular weight is 1010 g/mol. The highest BCUT2D eigenvalue weighted by atomic mass is 31.1. The van der Waals surface area contributed by atoms with Crippen LogP contribution in [-0.2, 0) is 82.6 Å². The molecule has 0 saturated heterocycles. The number of phenols is 4. The number of benzene rings is 4. The van der Waals surface area contributed by atoms with E-state index >= 15 is 0 Å². The number of aromatic hydroxyl groups is 4. The lowest BCUT2D eigenvalue weighted by Gasteiger charge is -2.29. The predicted molar refractivity (Wildman–Crippen MR) is 303 cm³/mol. The van der Waals surface area contributed by atoms with Crippen molar-refractivity contribution in [3.8, 4) is 23.0 Å². The Labute approximate surface area is 438 Å². The molecule has 0 fully saturated rings. The van der Waals surface area contributed by atoms with Crippen molar-refractivity contribution < 1.29 is 34.0 Å². The summed E-state index contributed by atoms with van der Waals surface area (Å²) >= 11 is 0. The topological polar surface area (TPSA) is 116 Å². The van der Waals surface area contributed by atoms with E-state index in [0.717, 1.165) is 66.8 Å². The van der Waals surface area contributed by atoms with Crippen molar-refractivity contribution in [2.45, 2.75) is 260 Å². The van der Waals surface area contributed by atoms with E-state index in [4.69, 9.17) is 9.05 Å². The van der Waals surface area contributed by atoms with E-state index in [9.17, 15) is 25.0 Å². The van der Waals surface area contributed by atoms with Gasteiger partial charge in [-0.15, -0.1) is 9.05 Å². The van der Waals surface area contributed by atoms with Crippen LogP contribution in [0.1, 0.15) is 246 Å². The largest absolute Gasteiger partial charge is 0.697 e. The first kappa shape index (κ1) is 60.7. The van der Waals surface area contributed by atoms with Crippen LogP contribution in [0.25, 0.3) is 0 Å². The Hall–Kier alpha value is -3.90. The van der Waals surface area contributed by atoms with Crippen molar-refractivity contribution in [1.29, 1.82) is 0 Å². The molecule has 0 aliphatic rings. The van der Waals surface area contributed by atoms with Gasteiger partial charge in [0.1, 0.15) is 35.2 Å². The summed E-state index contributed by atoms with van der Waals surface area (Å²) in [5.41, 5.74) is 8.46. The molecule has 0 spiro atoms. The van der Waals surface area contributed by atoms with Crippen molar-refractivity contribution in [3.05, 3.63) is 115 Å². The Morgan fingerprint density at radius 3 is 0.667 bits per heavy atom. The van der Waals surface area contributed by atoms with Gasteiger partial charge in [-0.1, -0.05) is 215 Å². The summed E-state index contributed by atoms with van der Waals surface area (Å²) in [6, 6.07) is 16.7. The number of phenolic OH excluding ortho intramolecular Hbond substituents is 4. The molecular weight excluding hydrogens is 912 g/mol. The molecule has 0 aliphatic carbocycles. The van der Waals surface area contributed by atoms with Gasteiger partial charge in [0.25, 0.3) is 0 Å². The normalized spacial score (nSPS) is 14.7. The first-order valence-electron chi connectivity index (χ1n) is 26.6. The highest BCUT2D eigenvalue weighted by Gasteiger charge is 2.36. The molecular formula is C64H98O7P+. The van der Waals surface area contributed by atoms with Gasteiger partial charge in [-0.25, -0.2) is 0 Å². The predicted octanol–water partition coefficient (Wildman–Crippen LogP) is 17.4. The maximum atomic E-state index is 14.9. The average Bonchev–Trinajstić information content (AvgIpc) is 3.17. The fourth-order valence-corrected chi connectivity index (χ4v) is 10.6. The van der Waals surface area contributed by atoms with E-state index in [-0.39, 0.29) is 43.3 Å². The van der Waals surface area contributed by atoms with E-state index < -0.39 is 20.5 Å². The SMILES string of the molecule is CC(C)(C)c1cc(CCC(Cc2cc(C(C)(C)C)c(O)c(C(C)(C)C)c2)O[P+](=O)OC(CCc2cc(C(C)(C)C)c(O)c(C(C)(C)C)c2)Cc2cc(C(C)(C)C)c(O)c(C(C)(C)C)c2)cc(C(C)(C)C)c1O. The molecule has 0 amide bonds. The second-order valence-corrected chi connectivity index (χ2v) is 30.2. The van der Waals surface area contributed by atoms with Crippen LogP contribution >= 0.6 is 8.25 Å². The molecule has 400 valence electrons. The van der Waals surface area contributed by atoms with Crippen LogP contribution in [0.5, 0.6) is 23.0 Å². The molecule has 0 bridgehead atoms. The molecule has 72 heavy (non-hydrogen) atoms. The highest BCUT2D eigenvalue weighted by molar-refractivity contribution is 7.33. The first-order chi connectivity index (χ1) is 32.3. The Morgan fingerprint density at radius 1 is 0.333 bits per heavy atom. The Balaban J connectivity index is 1.88. The minimum atomic E-state index is -2.68. The van der Waals surface area contributed by atoms with Crippen LogP contribution in [0.2, 0.25) is 0 Å². The third-order valence-corrected chi connectivity index (χ3v) is 15.0. The molecule has 0 aliphatic heterocycles. The number of aryl methyl sites for hydroxylation is 2. The van der Waals surface area contributed by atoms with Crippen molar-refractivity contribution >= 4 is 8.25 Å². The fraction of sp³-hybridized carbons (Fsp3) is 0.625. The van der Waals surface area contributed by atoms with Crippen LogP contribution in [0, 0.1) is 0 Å². The summed E-state index contributed by atoms with van der Waals surface area (Å²) in [6.07, 6.45) is 2.01. The molecule has 8 heteroatoms. The lowest BCUT2D eigenvalue weighted by atomic mass is 9.77. The first-order valence-corrected chi connectivity index (χ1v) is 27.7. The van der Waals surface area contributed by atoms with Gasteiger partial charge in [0.15, 0.2) is 0 Å². The zero-order valence-electron chi connectivity index (χ0n) is 49.5. The fourth-order valence-electron chi connectivity index (χ4n) is 9.71. The molecule has 0 heterocycles. The van der Waals surface area contributed by atoms with Crippen molar-refractivity contribution in [1.82, 2.24) is 0 Å². The van der Waals surface area contributed by atoms with Gasteiger partial charge in [-0.3, -0.25) is 0 Å². The molecule has 4 N–H and O–H groups in total. The summed E-state index contributed by atoms with van der Waals surface area (Å²) in [5.74, 6) is 1.27. The quantitative estimate of drug-likeness (QED) is 0.0930. The second kappa shape index (κ2) is 21.4. The maximum Gasteiger partial charge on any atom is 0.697 e. The lowest BCUT2D eigenvalue weighted by molar-refractivity contribution is 0.120. The number of rotatable bonds is 14. The van der Waals surface area contributed by atoms with Crippen molar-refractivity contribution in [2.24, 2.45) is 0 Å². The molecule has 0 radical (unpaired) electrons. The van der Waals surface area contributed by atoms with E-state index in [1.165, 1.54) is 0 Å². The second-order valence-electron chi connectivity index (χ2n) is 29.3. The summed E-state index contributed by atoms with van der Waals surface area (Å²) in [6.45, 7) is 50.7. The Kier molecular flexibility index (Phi) is 18.0.